The molecule has 0 unspecified atom stereocenters. The Morgan fingerprint density at radius 1 is 0.929 bits per heavy atom. The molecule has 0 atom stereocenters. The van der Waals surface area contributed by atoms with Crippen molar-refractivity contribution in [2.75, 3.05) is 44.2 Å². The van der Waals surface area contributed by atoms with Crippen LogP contribution in [0.15, 0.2) is 39.5 Å². The van der Waals surface area contributed by atoms with Gasteiger partial charge in [-0.25, -0.2) is 4.39 Å². The van der Waals surface area contributed by atoms with Gasteiger partial charge in [0, 0.05) is 37.9 Å². The molecule has 2 aliphatic heterocycles. The molecule has 28 heavy (non-hydrogen) atoms. The Kier molecular flexibility index (Phi) is 5.64. The molecular formula is C21H26FN3O3. The minimum Gasteiger partial charge on any atom is -0.502 e. The molecule has 0 radical (unpaired) electrons. The van der Waals surface area contributed by atoms with Crippen molar-refractivity contribution in [3.63, 3.8) is 0 Å². The number of aromatic hydroxyl groups is 1. The Morgan fingerprint density at radius 2 is 1.57 bits per heavy atom. The van der Waals surface area contributed by atoms with Crippen LogP contribution in [0.4, 0.5) is 10.1 Å². The molecule has 1 N–H and O–H groups in total. The topological polar surface area (TPSA) is 60.2 Å². The number of anilines is 1. The zero-order valence-electron chi connectivity index (χ0n) is 15.9. The Morgan fingerprint density at radius 3 is 2.25 bits per heavy atom. The van der Waals surface area contributed by atoms with Gasteiger partial charge in [0.1, 0.15) is 11.6 Å². The smallest absolute Gasteiger partial charge is 0.227 e. The summed E-state index contributed by atoms with van der Waals surface area (Å²) in [5, 5.41) is 10.1. The summed E-state index contributed by atoms with van der Waals surface area (Å²) in [4.78, 5) is 18.8. The van der Waals surface area contributed by atoms with E-state index in [1.54, 1.807) is 12.1 Å². The molecular weight excluding hydrogens is 361 g/mol. The van der Waals surface area contributed by atoms with E-state index in [2.05, 4.69) is 14.7 Å². The molecule has 2 aliphatic rings. The van der Waals surface area contributed by atoms with Crippen LogP contribution in [0.1, 0.15) is 24.4 Å². The van der Waals surface area contributed by atoms with E-state index < -0.39 is 0 Å². The van der Waals surface area contributed by atoms with Crippen LogP contribution in [0.2, 0.25) is 0 Å². The van der Waals surface area contributed by atoms with Gasteiger partial charge in [-0.15, -0.1) is 0 Å². The summed E-state index contributed by atoms with van der Waals surface area (Å²) in [7, 11) is 0. The van der Waals surface area contributed by atoms with Crippen molar-refractivity contribution in [2.24, 2.45) is 0 Å². The van der Waals surface area contributed by atoms with E-state index in [0.717, 1.165) is 57.8 Å². The molecule has 0 bridgehead atoms. The van der Waals surface area contributed by atoms with Gasteiger partial charge in [0.2, 0.25) is 11.2 Å². The standard InChI is InChI=1S/C21H26FN3O3/c22-16-3-5-17(6-4-16)25-11-9-24(10-12-25)14-18-13-19(26)21(27)20(28-18)15-23-7-1-2-8-23/h3-6,13,27H,1-2,7-12,14-15H2. The molecule has 2 fully saturated rings. The SMILES string of the molecule is O=c1cc(CN2CCN(c3ccc(F)cc3)CC2)oc(CN2CCCC2)c1O. The second kappa shape index (κ2) is 8.32. The normalized spacial score (nSPS) is 18.7. The van der Waals surface area contributed by atoms with E-state index in [1.807, 2.05) is 0 Å². The summed E-state index contributed by atoms with van der Waals surface area (Å²) >= 11 is 0. The Labute approximate surface area is 163 Å². The van der Waals surface area contributed by atoms with E-state index in [9.17, 15) is 14.3 Å². The summed E-state index contributed by atoms with van der Waals surface area (Å²) in [6.07, 6.45) is 2.28. The molecule has 0 amide bonds. The fourth-order valence-corrected chi connectivity index (χ4v) is 3.95. The fraction of sp³-hybridized carbons (Fsp3) is 0.476. The molecule has 6 nitrogen and oxygen atoms in total. The van der Waals surface area contributed by atoms with Crippen LogP contribution in [-0.2, 0) is 13.1 Å². The predicted molar refractivity (Wildman–Crippen MR) is 105 cm³/mol. The summed E-state index contributed by atoms with van der Waals surface area (Å²) in [6.45, 7) is 6.26. The largest absolute Gasteiger partial charge is 0.502 e. The quantitative estimate of drug-likeness (QED) is 0.850. The van der Waals surface area contributed by atoms with Crippen LogP contribution >= 0.6 is 0 Å². The highest BCUT2D eigenvalue weighted by Crippen LogP contribution is 2.21. The first-order valence-electron chi connectivity index (χ1n) is 9.88. The van der Waals surface area contributed by atoms with Crippen LogP contribution in [-0.4, -0.2) is 54.2 Å². The number of hydrogen-bond acceptors (Lipinski definition) is 6. The molecule has 0 aliphatic carbocycles. The zero-order chi connectivity index (χ0) is 19.5. The number of likely N-dealkylation sites (tertiary alicyclic amines) is 1. The molecule has 4 rings (SSSR count). The average molecular weight is 387 g/mol. The molecule has 150 valence electrons. The molecule has 0 spiro atoms. The van der Waals surface area contributed by atoms with Crippen LogP contribution in [0.5, 0.6) is 5.75 Å². The summed E-state index contributed by atoms with van der Waals surface area (Å²) < 4.78 is 19.0. The van der Waals surface area contributed by atoms with Gasteiger partial charge < -0.3 is 14.4 Å². The van der Waals surface area contributed by atoms with Gasteiger partial charge in [-0.05, 0) is 50.2 Å². The van der Waals surface area contributed by atoms with Crippen LogP contribution < -0.4 is 10.3 Å². The maximum Gasteiger partial charge on any atom is 0.227 e. The highest BCUT2D eigenvalue weighted by atomic mass is 19.1. The van der Waals surface area contributed by atoms with Gasteiger partial charge in [0.15, 0.2) is 5.76 Å². The minimum absolute atomic E-state index is 0.227. The second-order valence-electron chi connectivity index (χ2n) is 7.57. The summed E-state index contributed by atoms with van der Waals surface area (Å²) in [6, 6.07) is 7.96. The van der Waals surface area contributed by atoms with Crippen LogP contribution in [0.3, 0.4) is 0 Å². The summed E-state index contributed by atoms with van der Waals surface area (Å²) in [5.41, 5.74) is 0.644. The molecule has 0 saturated carbocycles. The monoisotopic (exact) mass is 387 g/mol. The number of hydrogen-bond donors (Lipinski definition) is 1. The minimum atomic E-state index is -0.375. The van der Waals surface area contributed by atoms with Crippen molar-refractivity contribution in [1.82, 2.24) is 9.80 Å². The van der Waals surface area contributed by atoms with Crippen molar-refractivity contribution < 1.29 is 13.9 Å². The molecule has 3 heterocycles. The molecule has 1 aromatic heterocycles. The van der Waals surface area contributed by atoms with Gasteiger partial charge in [-0.1, -0.05) is 0 Å². The van der Waals surface area contributed by atoms with E-state index in [1.165, 1.54) is 18.2 Å². The third-order valence-electron chi connectivity index (χ3n) is 5.55. The predicted octanol–water partition coefficient (Wildman–Crippen LogP) is 2.40. The first-order chi connectivity index (χ1) is 13.6. The number of rotatable bonds is 5. The second-order valence-corrected chi connectivity index (χ2v) is 7.57. The third kappa shape index (κ3) is 4.36. The Bertz CT molecular complexity index is 854. The summed E-state index contributed by atoms with van der Waals surface area (Å²) in [5.74, 6) is 0.466. The molecule has 2 saturated heterocycles. The van der Waals surface area contributed by atoms with E-state index in [4.69, 9.17) is 4.42 Å². The van der Waals surface area contributed by atoms with Gasteiger partial charge in [-0.2, -0.15) is 0 Å². The number of piperazine rings is 1. The molecule has 1 aromatic carbocycles. The fourth-order valence-electron chi connectivity index (χ4n) is 3.95. The van der Waals surface area contributed by atoms with Crippen molar-refractivity contribution in [1.29, 1.82) is 0 Å². The van der Waals surface area contributed by atoms with E-state index in [-0.39, 0.29) is 17.0 Å². The van der Waals surface area contributed by atoms with Crippen molar-refractivity contribution in [3.8, 4) is 5.75 Å². The highest BCUT2D eigenvalue weighted by Gasteiger charge is 2.21. The lowest BCUT2D eigenvalue weighted by Crippen LogP contribution is -2.46. The number of benzene rings is 1. The van der Waals surface area contributed by atoms with E-state index >= 15 is 0 Å². The number of nitrogens with zero attached hydrogens (tertiary/aromatic N) is 3. The Balaban J connectivity index is 1.38. The molecule has 2 aromatic rings. The lowest BCUT2D eigenvalue weighted by atomic mass is 10.2. The maximum absolute atomic E-state index is 13.1. The first-order valence-corrected chi connectivity index (χ1v) is 9.88. The van der Waals surface area contributed by atoms with Crippen LogP contribution in [0.25, 0.3) is 0 Å². The van der Waals surface area contributed by atoms with Gasteiger partial charge in [0.25, 0.3) is 0 Å². The van der Waals surface area contributed by atoms with E-state index in [0.29, 0.717) is 24.6 Å². The average Bonchev–Trinajstić information content (AvgIpc) is 3.20. The van der Waals surface area contributed by atoms with Gasteiger partial charge in [0.05, 0.1) is 13.1 Å². The van der Waals surface area contributed by atoms with Crippen LogP contribution in [0, 0.1) is 5.82 Å². The van der Waals surface area contributed by atoms with Crippen molar-refractivity contribution in [2.45, 2.75) is 25.9 Å². The number of halogens is 1. The maximum atomic E-state index is 13.1. The lowest BCUT2D eigenvalue weighted by Gasteiger charge is -2.35. The highest BCUT2D eigenvalue weighted by molar-refractivity contribution is 5.46. The zero-order valence-corrected chi connectivity index (χ0v) is 15.9. The lowest BCUT2D eigenvalue weighted by molar-refractivity contribution is 0.214. The third-order valence-corrected chi connectivity index (χ3v) is 5.55. The Hall–Kier alpha value is -2.38. The molecule has 7 heteroatoms. The van der Waals surface area contributed by atoms with Gasteiger partial charge in [-0.3, -0.25) is 14.6 Å². The van der Waals surface area contributed by atoms with Crippen molar-refractivity contribution >= 4 is 5.69 Å². The first kappa shape index (κ1) is 19.0. The van der Waals surface area contributed by atoms with Crippen molar-refractivity contribution in [3.05, 3.63) is 57.9 Å². The van der Waals surface area contributed by atoms with Gasteiger partial charge >= 0.3 is 0 Å².